The molecular formula is C20H17NO4S. The van der Waals surface area contributed by atoms with Crippen LogP contribution in [0.3, 0.4) is 0 Å². The van der Waals surface area contributed by atoms with Gasteiger partial charge in [0.2, 0.25) is 0 Å². The first-order chi connectivity index (χ1) is 12.5. The highest BCUT2D eigenvalue weighted by Gasteiger charge is 2.16. The fourth-order valence-electron chi connectivity index (χ4n) is 2.42. The molecule has 0 saturated carbocycles. The number of esters is 1. The molecule has 1 aromatic heterocycles. The maximum atomic E-state index is 12.5. The minimum atomic E-state index is -3.47. The lowest BCUT2D eigenvalue weighted by Crippen LogP contribution is -2.08. The quantitative estimate of drug-likeness (QED) is 0.624. The molecule has 6 heteroatoms. The van der Waals surface area contributed by atoms with Crippen molar-refractivity contribution in [3.05, 3.63) is 95.8 Å². The van der Waals surface area contributed by atoms with Crippen molar-refractivity contribution in [3.8, 4) is 0 Å². The maximum Gasteiger partial charge on any atom is 0.338 e. The molecule has 132 valence electrons. The number of aromatic nitrogens is 1. The largest absolute Gasteiger partial charge is 0.456 e. The second kappa shape index (κ2) is 7.93. The van der Waals surface area contributed by atoms with E-state index >= 15 is 0 Å². The lowest BCUT2D eigenvalue weighted by atomic mass is 10.1. The van der Waals surface area contributed by atoms with Gasteiger partial charge in [-0.2, -0.15) is 0 Å². The van der Waals surface area contributed by atoms with Gasteiger partial charge >= 0.3 is 5.97 Å². The predicted molar refractivity (Wildman–Crippen MR) is 97.1 cm³/mol. The molecule has 0 unspecified atom stereocenters. The number of nitrogens with zero attached hydrogens (tertiary/aromatic N) is 1. The van der Waals surface area contributed by atoms with Crippen molar-refractivity contribution in [2.24, 2.45) is 0 Å². The van der Waals surface area contributed by atoms with E-state index < -0.39 is 15.8 Å². The summed E-state index contributed by atoms with van der Waals surface area (Å²) in [5.74, 6) is -0.701. The highest BCUT2D eigenvalue weighted by molar-refractivity contribution is 7.90. The van der Waals surface area contributed by atoms with Gasteiger partial charge < -0.3 is 4.74 Å². The number of ether oxygens (including phenoxy) is 1. The van der Waals surface area contributed by atoms with E-state index in [1.165, 1.54) is 0 Å². The molecular weight excluding hydrogens is 350 g/mol. The average Bonchev–Trinajstić information content (AvgIpc) is 2.67. The molecule has 3 rings (SSSR count). The second-order valence-electron chi connectivity index (χ2n) is 5.67. The number of carbonyl (C=O) groups excluding carboxylic acids is 1. The van der Waals surface area contributed by atoms with Crippen LogP contribution in [0.15, 0.2) is 83.9 Å². The van der Waals surface area contributed by atoms with E-state index in [1.54, 1.807) is 72.9 Å². The normalized spacial score (nSPS) is 11.1. The summed E-state index contributed by atoms with van der Waals surface area (Å²) < 4.78 is 30.2. The molecule has 0 bridgehead atoms. The molecule has 0 aliphatic carbocycles. The molecule has 0 spiro atoms. The van der Waals surface area contributed by atoms with Gasteiger partial charge in [-0.15, -0.1) is 0 Å². The summed E-state index contributed by atoms with van der Waals surface area (Å²) >= 11 is 0. The molecule has 5 nitrogen and oxygen atoms in total. The van der Waals surface area contributed by atoms with Crippen LogP contribution < -0.4 is 0 Å². The highest BCUT2D eigenvalue weighted by atomic mass is 32.2. The zero-order chi connectivity index (χ0) is 18.4. The SMILES string of the molecule is O=C(OCc1ccccn1)c1cccc(CS(=O)(=O)c2ccccc2)c1. The highest BCUT2D eigenvalue weighted by Crippen LogP contribution is 2.17. The fraction of sp³-hybridized carbons (Fsp3) is 0.100. The van der Waals surface area contributed by atoms with Crippen molar-refractivity contribution >= 4 is 15.8 Å². The first-order valence-electron chi connectivity index (χ1n) is 7.98. The Hall–Kier alpha value is -2.99. The van der Waals surface area contributed by atoms with Crippen LogP contribution in [0.5, 0.6) is 0 Å². The second-order valence-corrected chi connectivity index (χ2v) is 7.66. The van der Waals surface area contributed by atoms with Crippen molar-refractivity contribution < 1.29 is 17.9 Å². The number of carbonyl (C=O) groups is 1. The zero-order valence-corrected chi connectivity index (χ0v) is 14.7. The van der Waals surface area contributed by atoms with Crippen LogP contribution in [0.25, 0.3) is 0 Å². The summed E-state index contributed by atoms with van der Waals surface area (Å²) in [5, 5.41) is 0. The van der Waals surface area contributed by atoms with Crippen LogP contribution in [0.1, 0.15) is 21.6 Å². The topological polar surface area (TPSA) is 73.3 Å². The maximum absolute atomic E-state index is 12.5. The van der Waals surface area contributed by atoms with E-state index in [2.05, 4.69) is 4.98 Å². The Morgan fingerprint density at radius 2 is 1.69 bits per heavy atom. The number of benzene rings is 2. The molecule has 0 aliphatic heterocycles. The van der Waals surface area contributed by atoms with Crippen molar-refractivity contribution in [3.63, 3.8) is 0 Å². The number of hydrogen-bond acceptors (Lipinski definition) is 5. The molecule has 0 fully saturated rings. The molecule has 0 atom stereocenters. The van der Waals surface area contributed by atoms with Crippen molar-refractivity contribution in [1.29, 1.82) is 0 Å². The third-order valence-corrected chi connectivity index (χ3v) is 5.40. The summed E-state index contributed by atoms with van der Waals surface area (Å²) in [6, 6.07) is 20.0. The molecule has 3 aromatic rings. The van der Waals surface area contributed by atoms with Crippen molar-refractivity contribution in [2.45, 2.75) is 17.3 Å². The Morgan fingerprint density at radius 1 is 0.923 bits per heavy atom. The predicted octanol–water partition coefficient (Wildman–Crippen LogP) is 3.41. The van der Waals surface area contributed by atoms with E-state index in [-0.39, 0.29) is 17.3 Å². The third-order valence-electron chi connectivity index (χ3n) is 3.70. The Balaban J connectivity index is 1.71. The monoisotopic (exact) mass is 367 g/mol. The first kappa shape index (κ1) is 17.8. The molecule has 2 aromatic carbocycles. The van der Waals surface area contributed by atoms with Gasteiger partial charge in [-0.1, -0.05) is 36.4 Å². The van der Waals surface area contributed by atoms with Gasteiger partial charge in [0.25, 0.3) is 0 Å². The van der Waals surface area contributed by atoms with Gasteiger partial charge in [0.05, 0.1) is 21.9 Å². The van der Waals surface area contributed by atoms with Gasteiger partial charge in [0, 0.05) is 6.20 Å². The van der Waals surface area contributed by atoms with Gasteiger partial charge in [-0.3, -0.25) is 4.98 Å². The lowest BCUT2D eigenvalue weighted by molar-refractivity contribution is 0.0467. The Labute approximate surface area is 152 Å². The molecule has 0 aliphatic rings. The molecule has 26 heavy (non-hydrogen) atoms. The Kier molecular flexibility index (Phi) is 5.43. The summed E-state index contributed by atoms with van der Waals surface area (Å²) in [4.78, 5) is 16.5. The van der Waals surface area contributed by atoms with Crippen LogP contribution in [-0.4, -0.2) is 19.4 Å². The minimum Gasteiger partial charge on any atom is -0.456 e. The van der Waals surface area contributed by atoms with Gasteiger partial charge in [0.1, 0.15) is 6.61 Å². The summed E-state index contributed by atoms with van der Waals surface area (Å²) in [6.45, 7) is 0.0617. The molecule has 0 radical (unpaired) electrons. The summed E-state index contributed by atoms with van der Waals surface area (Å²) in [6.07, 6.45) is 1.62. The standard InChI is InChI=1S/C20H17NO4S/c22-20(25-14-18-9-4-5-12-21-18)17-8-6-7-16(13-17)15-26(23,24)19-10-2-1-3-11-19/h1-13H,14-15H2. The minimum absolute atomic E-state index is 0.0617. The van der Waals surface area contributed by atoms with Crippen LogP contribution >= 0.6 is 0 Å². The Morgan fingerprint density at radius 3 is 2.42 bits per heavy atom. The summed E-state index contributed by atoms with van der Waals surface area (Å²) in [7, 11) is -3.47. The summed E-state index contributed by atoms with van der Waals surface area (Å²) in [5.41, 5.74) is 1.48. The molecule has 1 heterocycles. The van der Waals surface area contributed by atoms with E-state index in [1.807, 2.05) is 6.07 Å². The fourth-order valence-corrected chi connectivity index (χ4v) is 3.78. The van der Waals surface area contributed by atoms with Gasteiger partial charge in [0.15, 0.2) is 9.84 Å². The number of hydrogen-bond donors (Lipinski definition) is 0. The number of sulfone groups is 1. The number of pyridine rings is 1. The average molecular weight is 367 g/mol. The molecule has 0 saturated heterocycles. The van der Waals surface area contributed by atoms with Crippen LogP contribution in [-0.2, 0) is 26.9 Å². The van der Waals surface area contributed by atoms with Crippen molar-refractivity contribution in [1.82, 2.24) is 4.98 Å². The van der Waals surface area contributed by atoms with E-state index in [4.69, 9.17) is 4.74 Å². The number of rotatable bonds is 6. The smallest absolute Gasteiger partial charge is 0.338 e. The Bertz CT molecular complexity index is 987. The van der Waals surface area contributed by atoms with Crippen LogP contribution in [0, 0.1) is 0 Å². The third kappa shape index (κ3) is 4.55. The van der Waals surface area contributed by atoms with Crippen LogP contribution in [0.2, 0.25) is 0 Å². The van der Waals surface area contributed by atoms with E-state index in [9.17, 15) is 13.2 Å². The van der Waals surface area contributed by atoms with E-state index in [0.717, 1.165) is 0 Å². The van der Waals surface area contributed by atoms with Crippen molar-refractivity contribution in [2.75, 3.05) is 0 Å². The van der Waals surface area contributed by atoms with Crippen LogP contribution in [0.4, 0.5) is 0 Å². The molecule has 0 N–H and O–H groups in total. The van der Waals surface area contributed by atoms with Gasteiger partial charge in [-0.05, 0) is 42.0 Å². The zero-order valence-electron chi connectivity index (χ0n) is 13.9. The lowest BCUT2D eigenvalue weighted by Gasteiger charge is -2.07. The van der Waals surface area contributed by atoms with E-state index in [0.29, 0.717) is 16.8 Å². The first-order valence-corrected chi connectivity index (χ1v) is 9.63. The molecule has 0 amide bonds. The van der Waals surface area contributed by atoms with Gasteiger partial charge in [-0.25, -0.2) is 13.2 Å².